The molecule has 1 fully saturated rings. The van der Waals surface area contributed by atoms with Gasteiger partial charge in [0, 0.05) is 19.1 Å². The third-order valence-electron chi connectivity index (χ3n) is 3.63. The number of nitrogens with zero attached hydrogens (tertiary/aromatic N) is 1. The van der Waals surface area contributed by atoms with Crippen molar-refractivity contribution < 1.29 is 0 Å². The summed E-state index contributed by atoms with van der Waals surface area (Å²) in [6.45, 7) is 11.8. The molecule has 1 aliphatic heterocycles. The zero-order chi connectivity index (χ0) is 11.1. The van der Waals surface area contributed by atoms with Crippen LogP contribution in [0.5, 0.6) is 0 Å². The summed E-state index contributed by atoms with van der Waals surface area (Å²) < 4.78 is 0. The lowest BCUT2D eigenvalue weighted by atomic mass is 10.0. The lowest BCUT2D eigenvalue weighted by Gasteiger charge is -2.27. The van der Waals surface area contributed by atoms with E-state index < -0.39 is 0 Å². The molecule has 0 radical (unpaired) electrons. The minimum atomic E-state index is 0.770. The van der Waals surface area contributed by atoms with Crippen LogP contribution in [0.2, 0.25) is 0 Å². The predicted molar refractivity (Wildman–Crippen MR) is 67.2 cm³/mol. The Morgan fingerprint density at radius 2 is 2.13 bits per heavy atom. The summed E-state index contributed by atoms with van der Waals surface area (Å²) in [5, 5.41) is 3.48. The lowest BCUT2D eigenvalue weighted by molar-refractivity contribution is 0.221. The molecule has 0 saturated carbocycles. The van der Waals surface area contributed by atoms with E-state index >= 15 is 0 Å². The normalized spacial score (nSPS) is 24.6. The fourth-order valence-corrected chi connectivity index (χ4v) is 2.68. The smallest absolute Gasteiger partial charge is 0.0218 e. The van der Waals surface area contributed by atoms with Gasteiger partial charge < -0.3 is 5.32 Å². The van der Waals surface area contributed by atoms with Crippen molar-refractivity contribution in [1.29, 1.82) is 0 Å². The van der Waals surface area contributed by atoms with E-state index in [1.165, 1.54) is 45.3 Å². The number of nitrogens with one attached hydrogen (secondary N) is 1. The maximum absolute atomic E-state index is 3.48. The van der Waals surface area contributed by atoms with Crippen LogP contribution < -0.4 is 5.32 Å². The van der Waals surface area contributed by atoms with Gasteiger partial charge in [-0.25, -0.2) is 0 Å². The molecule has 0 aromatic heterocycles. The summed E-state index contributed by atoms with van der Waals surface area (Å²) in [7, 11) is 0. The van der Waals surface area contributed by atoms with Crippen LogP contribution in [0.15, 0.2) is 0 Å². The van der Waals surface area contributed by atoms with Crippen LogP contribution in [0.25, 0.3) is 0 Å². The molecule has 0 aromatic carbocycles. The molecule has 1 N–H and O–H groups in total. The second-order valence-corrected chi connectivity index (χ2v) is 4.81. The lowest BCUT2D eigenvalue weighted by Crippen LogP contribution is -2.40. The third-order valence-corrected chi connectivity index (χ3v) is 3.63. The molecule has 0 aromatic rings. The van der Waals surface area contributed by atoms with Gasteiger partial charge >= 0.3 is 0 Å². The van der Waals surface area contributed by atoms with Gasteiger partial charge in [-0.1, -0.05) is 27.2 Å². The molecule has 90 valence electrons. The minimum Gasteiger partial charge on any atom is -0.315 e. The second-order valence-electron chi connectivity index (χ2n) is 4.81. The minimum absolute atomic E-state index is 0.770. The highest BCUT2D eigenvalue weighted by molar-refractivity contribution is 4.81. The largest absolute Gasteiger partial charge is 0.315 e. The molecule has 2 unspecified atom stereocenters. The van der Waals surface area contributed by atoms with Gasteiger partial charge in [0.15, 0.2) is 0 Å². The molecule has 0 aliphatic carbocycles. The maximum Gasteiger partial charge on any atom is 0.0218 e. The van der Waals surface area contributed by atoms with Crippen LogP contribution in [0.4, 0.5) is 0 Å². The van der Waals surface area contributed by atoms with Crippen molar-refractivity contribution in [1.82, 2.24) is 10.2 Å². The van der Waals surface area contributed by atoms with Gasteiger partial charge in [-0.05, 0) is 38.3 Å². The number of rotatable bonds is 7. The molecular formula is C13H28N2. The van der Waals surface area contributed by atoms with Crippen molar-refractivity contribution in [2.45, 2.75) is 52.5 Å². The fraction of sp³-hybridized carbons (Fsp3) is 1.00. The second kappa shape index (κ2) is 7.24. The van der Waals surface area contributed by atoms with Gasteiger partial charge in [0.2, 0.25) is 0 Å². The van der Waals surface area contributed by atoms with Crippen molar-refractivity contribution in [2.24, 2.45) is 5.92 Å². The highest BCUT2D eigenvalue weighted by Crippen LogP contribution is 2.23. The summed E-state index contributed by atoms with van der Waals surface area (Å²) in [5.74, 6) is 0.977. The van der Waals surface area contributed by atoms with Crippen LogP contribution in [0, 0.1) is 5.92 Å². The van der Waals surface area contributed by atoms with Crippen LogP contribution in [-0.4, -0.2) is 37.1 Å². The summed E-state index contributed by atoms with van der Waals surface area (Å²) in [6, 6.07) is 0.770. The molecule has 2 heteroatoms. The van der Waals surface area contributed by atoms with Gasteiger partial charge in [0.25, 0.3) is 0 Å². The first-order valence-electron chi connectivity index (χ1n) is 6.76. The first kappa shape index (κ1) is 13.0. The zero-order valence-corrected chi connectivity index (χ0v) is 10.8. The van der Waals surface area contributed by atoms with E-state index in [4.69, 9.17) is 0 Å². The highest BCUT2D eigenvalue weighted by Gasteiger charge is 2.26. The standard InChI is InChI=1S/C13H28N2/c1-4-7-12-8-9-15(11-12)13(5-2)10-14-6-3/h12-14H,4-11H2,1-3H3. The van der Waals surface area contributed by atoms with Gasteiger partial charge in [-0.15, -0.1) is 0 Å². The molecule has 0 spiro atoms. The Hall–Kier alpha value is -0.0800. The first-order valence-corrected chi connectivity index (χ1v) is 6.76. The zero-order valence-electron chi connectivity index (χ0n) is 10.8. The van der Waals surface area contributed by atoms with Gasteiger partial charge in [-0.2, -0.15) is 0 Å². The van der Waals surface area contributed by atoms with Crippen molar-refractivity contribution in [3.8, 4) is 0 Å². The van der Waals surface area contributed by atoms with Crippen LogP contribution in [0.3, 0.4) is 0 Å². The topological polar surface area (TPSA) is 15.3 Å². The van der Waals surface area contributed by atoms with Crippen molar-refractivity contribution in [2.75, 3.05) is 26.2 Å². The Morgan fingerprint density at radius 1 is 1.33 bits per heavy atom. The summed E-state index contributed by atoms with van der Waals surface area (Å²) in [4.78, 5) is 2.70. The third kappa shape index (κ3) is 4.12. The Bertz CT molecular complexity index is 159. The maximum atomic E-state index is 3.48. The van der Waals surface area contributed by atoms with Gasteiger partial charge in [0.1, 0.15) is 0 Å². The van der Waals surface area contributed by atoms with Gasteiger partial charge in [-0.3, -0.25) is 4.90 Å². The Kier molecular flexibility index (Phi) is 6.26. The molecule has 15 heavy (non-hydrogen) atoms. The molecular weight excluding hydrogens is 184 g/mol. The SMILES string of the molecule is CCCC1CCN(C(CC)CNCC)C1. The van der Waals surface area contributed by atoms with E-state index in [2.05, 4.69) is 31.0 Å². The predicted octanol–water partition coefficient (Wildman–Crippen LogP) is 2.50. The van der Waals surface area contributed by atoms with Crippen molar-refractivity contribution >= 4 is 0 Å². The van der Waals surface area contributed by atoms with E-state index in [1.54, 1.807) is 0 Å². The summed E-state index contributed by atoms with van der Waals surface area (Å²) in [6.07, 6.45) is 5.49. The average Bonchev–Trinajstić information content (AvgIpc) is 2.68. The van der Waals surface area contributed by atoms with E-state index in [0.29, 0.717) is 0 Å². The van der Waals surface area contributed by atoms with Crippen molar-refractivity contribution in [3.63, 3.8) is 0 Å². The molecule has 0 amide bonds. The van der Waals surface area contributed by atoms with Crippen molar-refractivity contribution in [3.05, 3.63) is 0 Å². The molecule has 1 saturated heterocycles. The van der Waals surface area contributed by atoms with E-state index in [0.717, 1.165) is 18.5 Å². The number of likely N-dealkylation sites (tertiary alicyclic amines) is 1. The Morgan fingerprint density at radius 3 is 2.73 bits per heavy atom. The van der Waals surface area contributed by atoms with Crippen LogP contribution in [-0.2, 0) is 0 Å². The highest BCUT2D eigenvalue weighted by atomic mass is 15.2. The fourth-order valence-electron chi connectivity index (χ4n) is 2.68. The summed E-state index contributed by atoms with van der Waals surface area (Å²) >= 11 is 0. The Balaban J connectivity index is 2.29. The quantitative estimate of drug-likeness (QED) is 0.697. The van der Waals surface area contributed by atoms with Crippen LogP contribution >= 0.6 is 0 Å². The van der Waals surface area contributed by atoms with Crippen LogP contribution in [0.1, 0.15) is 46.5 Å². The molecule has 1 aliphatic rings. The Labute approximate surface area is 95.4 Å². The van der Waals surface area contributed by atoms with Gasteiger partial charge in [0.05, 0.1) is 0 Å². The monoisotopic (exact) mass is 212 g/mol. The number of hydrogen-bond donors (Lipinski definition) is 1. The molecule has 1 heterocycles. The number of likely N-dealkylation sites (N-methyl/N-ethyl adjacent to an activating group) is 1. The number of hydrogen-bond acceptors (Lipinski definition) is 2. The first-order chi connectivity index (χ1) is 7.31. The average molecular weight is 212 g/mol. The van der Waals surface area contributed by atoms with E-state index in [9.17, 15) is 0 Å². The van der Waals surface area contributed by atoms with E-state index in [-0.39, 0.29) is 0 Å². The summed E-state index contributed by atoms with van der Waals surface area (Å²) in [5.41, 5.74) is 0. The molecule has 0 bridgehead atoms. The molecule has 2 atom stereocenters. The molecule has 2 nitrogen and oxygen atoms in total. The molecule has 1 rings (SSSR count). The van der Waals surface area contributed by atoms with E-state index in [1.807, 2.05) is 0 Å².